The average molecular weight is 636 g/mol. The Bertz CT molecular complexity index is 1470. The Labute approximate surface area is 267 Å². The summed E-state index contributed by atoms with van der Waals surface area (Å²) < 4.78 is 0. The number of fused-ring (bicyclic) bond motifs is 1. The molecule has 4 atom stereocenters. The van der Waals surface area contributed by atoms with Gasteiger partial charge < -0.3 is 49.0 Å². The molecule has 0 radical (unpaired) electrons. The number of para-hydroxylation sites is 1. The summed E-state index contributed by atoms with van der Waals surface area (Å²) in [5, 5.41) is 18.7. The molecular weight excluding hydrogens is 590 g/mol. The first-order valence-electron chi connectivity index (χ1n) is 15.3. The zero-order valence-electron chi connectivity index (χ0n) is 25.8. The summed E-state index contributed by atoms with van der Waals surface area (Å²) in [7, 11) is 0. The fourth-order valence-corrected chi connectivity index (χ4v) is 5.04. The molecule has 0 aliphatic rings. The van der Waals surface area contributed by atoms with Crippen molar-refractivity contribution in [1.29, 1.82) is 0 Å². The molecule has 3 amide bonds. The second kappa shape index (κ2) is 18.1. The highest BCUT2D eigenvalue weighted by molar-refractivity contribution is 5.94. The van der Waals surface area contributed by atoms with Gasteiger partial charge in [0.25, 0.3) is 0 Å². The summed E-state index contributed by atoms with van der Waals surface area (Å²) in [6, 6.07) is 12.3. The highest BCUT2D eigenvalue weighted by Gasteiger charge is 2.30. The molecule has 14 heteroatoms. The summed E-state index contributed by atoms with van der Waals surface area (Å²) in [5.41, 5.74) is 25.2. The lowest BCUT2D eigenvalue weighted by atomic mass is 10.0. The van der Waals surface area contributed by atoms with Gasteiger partial charge in [-0.25, -0.2) is 4.79 Å². The number of nitrogens with zero attached hydrogens (tertiary/aromatic N) is 1. The molecule has 13 N–H and O–H groups in total. The Kier molecular flexibility index (Phi) is 14.0. The molecule has 2 aromatic carbocycles. The molecule has 3 aromatic rings. The van der Waals surface area contributed by atoms with Gasteiger partial charge in [-0.3, -0.25) is 19.4 Å². The predicted octanol–water partition coefficient (Wildman–Crippen LogP) is 0.00200. The van der Waals surface area contributed by atoms with Gasteiger partial charge in [0.1, 0.15) is 18.1 Å². The van der Waals surface area contributed by atoms with Crippen LogP contribution in [0.25, 0.3) is 10.9 Å². The maximum absolute atomic E-state index is 13.7. The first-order valence-corrected chi connectivity index (χ1v) is 15.3. The molecule has 4 unspecified atom stereocenters. The molecular formula is C32H45N9O5. The number of carboxylic acid groups (broad SMARTS) is 1. The number of hydrogen-bond donors (Lipinski definition) is 9. The van der Waals surface area contributed by atoms with Gasteiger partial charge in [-0.2, -0.15) is 0 Å². The number of amides is 3. The van der Waals surface area contributed by atoms with Gasteiger partial charge in [0.05, 0.1) is 6.04 Å². The number of hydrogen-bond acceptors (Lipinski definition) is 7. The van der Waals surface area contributed by atoms with E-state index in [0.717, 1.165) is 22.0 Å². The first kappa shape index (κ1) is 35.5. The number of aromatic amines is 1. The minimum Gasteiger partial charge on any atom is -0.480 e. The van der Waals surface area contributed by atoms with Gasteiger partial charge in [-0.15, -0.1) is 0 Å². The van der Waals surface area contributed by atoms with Crippen LogP contribution >= 0.6 is 0 Å². The predicted molar refractivity (Wildman–Crippen MR) is 176 cm³/mol. The molecule has 1 heterocycles. The fourth-order valence-electron chi connectivity index (χ4n) is 5.04. The van der Waals surface area contributed by atoms with Crippen molar-refractivity contribution in [3.05, 3.63) is 71.9 Å². The van der Waals surface area contributed by atoms with Crippen LogP contribution in [0.15, 0.2) is 65.8 Å². The van der Waals surface area contributed by atoms with E-state index >= 15 is 0 Å². The van der Waals surface area contributed by atoms with Gasteiger partial charge in [0.2, 0.25) is 17.7 Å². The molecule has 248 valence electrons. The molecule has 46 heavy (non-hydrogen) atoms. The van der Waals surface area contributed by atoms with Crippen molar-refractivity contribution in [1.82, 2.24) is 20.9 Å². The SMILES string of the molecule is NCCCCC(NC(=O)C(Cc1ccccc1)NC(=O)C(CCCN=C(N)N)NC(=O)C(N)Cc1c[nH]c2ccccc12)C(=O)O. The summed E-state index contributed by atoms with van der Waals surface area (Å²) >= 11 is 0. The number of unbranched alkanes of at least 4 members (excludes halogenated alkanes) is 1. The molecule has 3 rings (SSSR count). The molecule has 0 aliphatic carbocycles. The number of carbonyl (C=O) groups is 4. The number of rotatable bonds is 19. The van der Waals surface area contributed by atoms with E-state index < -0.39 is 47.9 Å². The number of aromatic nitrogens is 1. The van der Waals surface area contributed by atoms with Gasteiger partial charge >= 0.3 is 5.97 Å². The number of benzene rings is 2. The first-order chi connectivity index (χ1) is 22.1. The van der Waals surface area contributed by atoms with Gasteiger partial charge in [0, 0.05) is 30.1 Å². The Morgan fingerprint density at radius 3 is 2.11 bits per heavy atom. The number of nitrogens with one attached hydrogen (secondary N) is 4. The Morgan fingerprint density at radius 2 is 1.41 bits per heavy atom. The fraction of sp³-hybridized carbons (Fsp3) is 0.406. The van der Waals surface area contributed by atoms with Crippen molar-refractivity contribution in [2.75, 3.05) is 13.1 Å². The van der Waals surface area contributed by atoms with Crippen molar-refractivity contribution in [3.8, 4) is 0 Å². The summed E-state index contributed by atoms with van der Waals surface area (Å²) in [5.74, 6) is -3.15. The molecule has 0 bridgehead atoms. The number of guanidine groups is 1. The van der Waals surface area contributed by atoms with Crippen LogP contribution in [-0.2, 0) is 32.0 Å². The number of aliphatic imine (C=N–C) groups is 1. The van der Waals surface area contributed by atoms with E-state index in [4.69, 9.17) is 22.9 Å². The molecule has 14 nitrogen and oxygen atoms in total. The van der Waals surface area contributed by atoms with E-state index in [9.17, 15) is 24.3 Å². The van der Waals surface area contributed by atoms with Gasteiger partial charge in [-0.1, -0.05) is 48.5 Å². The van der Waals surface area contributed by atoms with Crippen LogP contribution in [0.4, 0.5) is 0 Å². The third kappa shape index (κ3) is 11.2. The van der Waals surface area contributed by atoms with Gasteiger partial charge in [0.15, 0.2) is 5.96 Å². The quantitative estimate of drug-likeness (QED) is 0.0487. The van der Waals surface area contributed by atoms with E-state index in [2.05, 4.69) is 25.9 Å². The second-order valence-electron chi connectivity index (χ2n) is 11.1. The van der Waals surface area contributed by atoms with Crippen molar-refractivity contribution in [3.63, 3.8) is 0 Å². The van der Waals surface area contributed by atoms with Crippen LogP contribution in [0.1, 0.15) is 43.2 Å². The van der Waals surface area contributed by atoms with Gasteiger partial charge in [-0.05, 0) is 62.3 Å². The highest BCUT2D eigenvalue weighted by Crippen LogP contribution is 2.19. The zero-order chi connectivity index (χ0) is 33.5. The van der Waals surface area contributed by atoms with Crippen LogP contribution in [0, 0.1) is 0 Å². The standard InChI is InChI=1S/C32H45N9O5/c33-15-7-6-13-26(31(45)46)40-30(44)27(17-20-9-2-1-3-10-20)41-29(43)25(14-8-16-37-32(35)36)39-28(42)23(34)18-21-19-38-24-12-5-4-11-22(21)24/h1-5,9-12,19,23,25-27,38H,6-8,13-18,33-34H2,(H,39,42)(H,40,44)(H,41,43)(H,45,46)(H4,35,36,37). The number of aliphatic carboxylic acids is 1. The van der Waals surface area contributed by atoms with Crippen molar-refractivity contribution in [2.24, 2.45) is 27.9 Å². The second-order valence-corrected chi connectivity index (χ2v) is 11.1. The number of H-pyrrole nitrogens is 1. The molecule has 1 aromatic heterocycles. The zero-order valence-corrected chi connectivity index (χ0v) is 25.8. The Hall–Kier alpha value is -4.95. The Morgan fingerprint density at radius 1 is 0.783 bits per heavy atom. The van der Waals surface area contributed by atoms with Crippen LogP contribution < -0.4 is 38.9 Å². The largest absolute Gasteiger partial charge is 0.480 e. The van der Waals surface area contributed by atoms with Crippen molar-refractivity contribution < 1.29 is 24.3 Å². The van der Waals surface area contributed by atoms with Crippen molar-refractivity contribution >= 4 is 40.6 Å². The van der Waals surface area contributed by atoms with Crippen LogP contribution in [0.3, 0.4) is 0 Å². The number of carboxylic acids is 1. The maximum Gasteiger partial charge on any atom is 0.326 e. The van der Waals surface area contributed by atoms with E-state index in [1.165, 1.54) is 0 Å². The van der Waals surface area contributed by atoms with E-state index in [-0.39, 0.29) is 38.2 Å². The van der Waals surface area contributed by atoms with Crippen LogP contribution in [0.5, 0.6) is 0 Å². The van der Waals surface area contributed by atoms with Crippen LogP contribution in [-0.4, -0.2) is 77.0 Å². The summed E-state index contributed by atoms with van der Waals surface area (Å²) in [6.45, 7) is 0.606. The van der Waals surface area contributed by atoms with E-state index in [1.807, 2.05) is 30.3 Å². The smallest absolute Gasteiger partial charge is 0.326 e. The van der Waals surface area contributed by atoms with Crippen molar-refractivity contribution in [2.45, 2.75) is 69.1 Å². The monoisotopic (exact) mass is 635 g/mol. The number of carbonyl (C=O) groups excluding carboxylic acids is 3. The third-order valence-corrected chi connectivity index (χ3v) is 7.51. The van der Waals surface area contributed by atoms with Crippen LogP contribution in [0.2, 0.25) is 0 Å². The summed E-state index contributed by atoms with van der Waals surface area (Å²) in [6.07, 6.45) is 3.88. The summed E-state index contributed by atoms with van der Waals surface area (Å²) in [4.78, 5) is 59.4. The topological polar surface area (TPSA) is 257 Å². The highest BCUT2D eigenvalue weighted by atomic mass is 16.4. The normalized spacial score (nSPS) is 13.6. The molecule has 0 fully saturated rings. The maximum atomic E-state index is 13.7. The third-order valence-electron chi connectivity index (χ3n) is 7.51. The lowest BCUT2D eigenvalue weighted by molar-refractivity contribution is -0.142. The molecule has 0 saturated heterocycles. The lowest BCUT2D eigenvalue weighted by Crippen LogP contribution is -2.57. The van der Waals surface area contributed by atoms with E-state index in [0.29, 0.717) is 25.8 Å². The average Bonchev–Trinajstić information content (AvgIpc) is 3.44. The Balaban J connectivity index is 1.77. The molecule has 0 spiro atoms. The minimum absolute atomic E-state index is 0.0856. The van der Waals surface area contributed by atoms with E-state index in [1.54, 1.807) is 30.5 Å². The minimum atomic E-state index is -1.19. The molecule has 0 aliphatic heterocycles. The molecule has 0 saturated carbocycles. The number of nitrogens with two attached hydrogens (primary N) is 4. The lowest BCUT2D eigenvalue weighted by Gasteiger charge is -2.25.